The molecule has 1 heterocycles. The third-order valence-corrected chi connectivity index (χ3v) is 4.59. The van der Waals surface area contributed by atoms with Crippen molar-refractivity contribution in [2.24, 2.45) is 0 Å². The van der Waals surface area contributed by atoms with E-state index in [-0.39, 0.29) is 12.5 Å². The zero-order chi connectivity index (χ0) is 15.4. The van der Waals surface area contributed by atoms with Gasteiger partial charge in [0.2, 0.25) is 0 Å². The first-order chi connectivity index (χ1) is 10.0. The van der Waals surface area contributed by atoms with E-state index in [1.165, 1.54) is 11.3 Å². The summed E-state index contributed by atoms with van der Waals surface area (Å²) in [5, 5.41) is 12.1. The topological polar surface area (TPSA) is 49.3 Å². The zero-order valence-corrected chi connectivity index (χ0v) is 13.4. The van der Waals surface area contributed by atoms with Gasteiger partial charge in [0.1, 0.15) is 6.61 Å². The Morgan fingerprint density at radius 3 is 2.90 bits per heavy atom. The maximum atomic E-state index is 12.2. The number of thiophene rings is 1. The molecule has 21 heavy (non-hydrogen) atoms. The van der Waals surface area contributed by atoms with Gasteiger partial charge in [-0.05, 0) is 30.7 Å². The normalized spacial score (nSPS) is 9.90. The molecular formula is C15H11Cl2NO2S. The minimum atomic E-state index is -0.274. The number of hydrogen-bond donors (Lipinski definition) is 2. The molecule has 0 radical (unpaired) electrons. The van der Waals surface area contributed by atoms with Crippen LogP contribution in [0, 0.1) is 18.8 Å². The highest BCUT2D eigenvalue weighted by atomic mass is 35.5. The van der Waals surface area contributed by atoms with Crippen LogP contribution in [0.4, 0.5) is 5.69 Å². The van der Waals surface area contributed by atoms with Crippen molar-refractivity contribution < 1.29 is 9.90 Å². The summed E-state index contributed by atoms with van der Waals surface area (Å²) in [5.41, 5.74) is 1.35. The van der Waals surface area contributed by atoms with Crippen molar-refractivity contribution in [2.75, 3.05) is 11.9 Å². The van der Waals surface area contributed by atoms with Gasteiger partial charge in [-0.25, -0.2) is 0 Å². The zero-order valence-electron chi connectivity index (χ0n) is 11.0. The van der Waals surface area contributed by atoms with Gasteiger partial charge in [0.15, 0.2) is 0 Å². The first-order valence-electron chi connectivity index (χ1n) is 5.98. The summed E-state index contributed by atoms with van der Waals surface area (Å²) in [7, 11) is 0. The lowest BCUT2D eigenvalue weighted by atomic mass is 10.2. The second-order valence-electron chi connectivity index (χ2n) is 4.14. The highest BCUT2D eigenvalue weighted by molar-refractivity contribution is 7.14. The van der Waals surface area contributed by atoms with E-state index in [2.05, 4.69) is 17.2 Å². The fourth-order valence-electron chi connectivity index (χ4n) is 1.62. The highest BCUT2D eigenvalue weighted by Crippen LogP contribution is 2.30. The predicted octanol–water partition coefficient (Wildman–Crippen LogP) is 3.96. The third-order valence-electron chi connectivity index (χ3n) is 2.62. The van der Waals surface area contributed by atoms with Gasteiger partial charge >= 0.3 is 0 Å². The summed E-state index contributed by atoms with van der Waals surface area (Å²) < 4.78 is 0. The molecule has 108 valence electrons. The van der Waals surface area contributed by atoms with E-state index in [9.17, 15) is 4.79 Å². The van der Waals surface area contributed by atoms with Crippen LogP contribution >= 0.6 is 34.5 Å². The summed E-state index contributed by atoms with van der Waals surface area (Å²) in [5.74, 6) is 5.11. The molecule has 0 aliphatic rings. The number of hydrogen-bond acceptors (Lipinski definition) is 3. The number of nitrogens with one attached hydrogen (secondary N) is 1. The lowest BCUT2D eigenvalue weighted by molar-refractivity contribution is 0.103. The molecule has 0 bridgehead atoms. The van der Waals surface area contributed by atoms with Gasteiger partial charge < -0.3 is 10.4 Å². The van der Waals surface area contributed by atoms with E-state index in [4.69, 9.17) is 28.3 Å². The van der Waals surface area contributed by atoms with E-state index in [1.54, 1.807) is 24.3 Å². The maximum absolute atomic E-state index is 12.2. The van der Waals surface area contributed by atoms with Crippen molar-refractivity contribution in [3.8, 4) is 11.8 Å². The number of halogens is 2. The van der Waals surface area contributed by atoms with Crippen LogP contribution in [0.25, 0.3) is 0 Å². The molecule has 3 nitrogen and oxygen atoms in total. The fourth-order valence-corrected chi connectivity index (χ4v) is 2.91. The fraction of sp³-hybridized carbons (Fsp3) is 0.133. The molecule has 2 aromatic rings. The molecule has 0 fully saturated rings. The number of aliphatic hydroxyl groups excluding tert-OH is 1. The van der Waals surface area contributed by atoms with Crippen LogP contribution < -0.4 is 5.32 Å². The lowest BCUT2D eigenvalue weighted by Crippen LogP contribution is -2.10. The number of aliphatic hydroxyl groups is 1. The van der Waals surface area contributed by atoms with Crippen molar-refractivity contribution in [1.82, 2.24) is 0 Å². The van der Waals surface area contributed by atoms with Gasteiger partial charge in [-0.1, -0.05) is 41.1 Å². The second-order valence-corrected chi connectivity index (χ2v) is 5.98. The molecule has 6 heteroatoms. The largest absolute Gasteiger partial charge is 0.384 e. The van der Waals surface area contributed by atoms with Gasteiger partial charge in [-0.2, -0.15) is 0 Å². The number of anilines is 1. The second kappa shape index (κ2) is 6.97. The summed E-state index contributed by atoms with van der Waals surface area (Å²) >= 11 is 13.2. The van der Waals surface area contributed by atoms with Crippen LogP contribution in [0.5, 0.6) is 0 Å². The lowest BCUT2D eigenvalue weighted by Gasteiger charge is -2.06. The molecule has 2 N–H and O–H groups in total. The van der Waals surface area contributed by atoms with Crippen LogP contribution in [0.3, 0.4) is 0 Å². The number of benzene rings is 1. The molecule has 0 saturated heterocycles. The Bertz CT molecular complexity index is 744. The van der Waals surface area contributed by atoms with Crippen molar-refractivity contribution in [2.45, 2.75) is 6.92 Å². The summed E-state index contributed by atoms with van der Waals surface area (Å²) in [4.78, 5) is 13.5. The maximum Gasteiger partial charge on any atom is 0.265 e. The summed E-state index contributed by atoms with van der Waals surface area (Å²) in [6.45, 7) is 1.65. The van der Waals surface area contributed by atoms with Gasteiger partial charge in [0.05, 0.1) is 25.5 Å². The Kier molecular flexibility index (Phi) is 5.27. The van der Waals surface area contributed by atoms with Gasteiger partial charge in [0, 0.05) is 0 Å². The minimum Gasteiger partial charge on any atom is -0.384 e. The van der Waals surface area contributed by atoms with Crippen LogP contribution in [0.2, 0.25) is 10.0 Å². The van der Waals surface area contributed by atoms with Crippen molar-refractivity contribution in [3.63, 3.8) is 0 Å². The number of amides is 1. The van der Waals surface area contributed by atoms with E-state index < -0.39 is 0 Å². The molecule has 2 rings (SSSR count). The smallest absolute Gasteiger partial charge is 0.265 e. The molecule has 0 aliphatic heterocycles. The molecule has 1 aromatic heterocycles. The first kappa shape index (κ1) is 15.9. The van der Waals surface area contributed by atoms with Crippen LogP contribution in [-0.4, -0.2) is 17.6 Å². The van der Waals surface area contributed by atoms with E-state index in [1.807, 2.05) is 6.92 Å². The van der Waals surface area contributed by atoms with Gasteiger partial charge in [-0.15, -0.1) is 11.3 Å². The van der Waals surface area contributed by atoms with Crippen LogP contribution in [-0.2, 0) is 0 Å². The van der Waals surface area contributed by atoms with E-state index in [0.717, 1.165) is 10.4 Å². The average Bonchev–Trinajstić information content (AvgIpc) is 2.83. The molecule has 0 unspecified atom stereocenters. The summed E-state index contributed by atoms with van der Waals surface area (Å²) in [6, 6.07) is 6.79. The standard InChI is InChI=1S/C15H11Cl2NO2S/c1-9-8-13(21-12(9)6-3-7-19)15(20)18-11-5-2-4-10(16)14(11)17/h2,4-5,8,19H,7H2,1H3,(H,18,20). The SMILES string of the molecule is Cc1cc(C(=O)Nc2cccc(Cl)c2Cl)sc1C#CCO. The molecule has 0 saturated carbocycles. The number of rotatable bonds is 2. The van der Waals surface area contributed by atoms with E-state index >= 15 is 0 Å². The Labute approximate surface area is 136 Å². The molecule has 1 amide bonds. The number of aryl methyl sites for hydroxylation is 1. The summed E-state index contributed by atoms with van der Waals surface area (Å²) in [6.07, 6.45) is 0. The highest BCUT2D eigenvalue weighted by Gasteiger charge is 2.14. The molecule has 0 spiro atoms. The van der Waals surface area contributed by atoms with Crippen molar-refractivity contribution in [1.29, 1.82) is 0 Å². The van der Waals surface area contributed by atoms with Crippen LogP contribution in [0.15, 0.2) is 24.3 Å². The molecule has 0 aliphatic carbocycles. The number of carbonyl (C=O) groups is 1. The first-order valence-corrected chi connectivity index (χ1v) is 7.55. The van der Waals surface area contributed by atoms with Gasteiger partial charge in [-0.3, -0.25) is 4.79 Å². The Morgan fingerprint density at radius 1 is 1.43 bits per heavy atom. The number of carbonyl (C=O) groups excluding carboxylic acids is 1. The average molecular weight is 340 g/mol. The monoisotopic (exact) mass is 339 g/mol. The van der Waals surface area contributed by atoms with Crippen molar-refractivity contribution >= 4 is 46.1 Å². The predicted molar refractivity (Wildman–Crippen MR) is 87.4 cm³/mol. The van der Waals surface area contributed by atoms with E-state index in [0.29, 0.717) is 20.6 Å². The van der Waals surface area contributed by atoms with Gasteiger partial charge in [0.25, 0.3) is 5.91 Å². The Balaban J connectivity index is 2.23. The minimum absolute atomic E-state index is 0.211. The quantitative estimate of drug-likeness (QED) is 0.813. The third kappa shape index (κ3) is 3.78. The Morgan fingerprint density at radius 2 is 2.19 bits per heavy atom. The van der Waals surface area contributed by atoms with Crippen molar-refractivity contribution in [3.05, 3.63) is 49.6 Å². The molecule has 1 aromatic carbocycles. The molecule has 0 atom stereocenters. The van der Waals surface area contributed by atoms with Crippen LogP contribution in [0.1, 0.15) is 20.1 Å². The Hall–Kier alpha value is -1.51. The molecular weight excluding hydrogens is 329 g/mol.